The van der Waals surface area contributed by atoms with Crippen LogP contribution >= 0.6 is 0 Å². The number of aromatic nitrogens is 1. The van der Waals surface area contributed by atoms with Crippen molar-refractivity contribution in [2.45, 2.75) is 26.8 Å². The standard InChI is InChI=1S/C21H22N2O3/c1-14-7-9-16(10-8-14)22-19(24)11-12-23-20(25)13-15(2)17-5-4-6-18(26-3)21(17)23/h4-10,13H,11-12H2,1-3H3,(H,22,24). The molecule has 0 unspecified atom stereocenters. The summed E-state index contributed by atoms with van der Waals surface area (Å²) in [7, 11) is 1.58. The van der Waals surface area contributed by atoms with Crippen LogP contribution in [-0.2, 0) is 11.3 Å². The Morgan fingerprint density at radius 1 is 1.12 bits per heavy atom. The zero-order valence-electron chi connectivity index (χ0n) is 15.2. The predicted octanol–water partition coefficient (Wildman–Crippen LogP) is 3.66. The van der Waals surface area contributed by atoms with E-state index in [1.165, 1.54) is 0 Å². The fourth-order valence-electron chi connectivity index (χ4n) is 3.03. The van der Waals surface area contributed by atoms with E-state index >= 15 is 0 Å². The van der Waals surface area contributed by atoms with Crippen molar-refractivity contribution in [1.82, 2.24) is 4.57 Å². The molecule has 1 heterocycles. The number of amides is 1. The number of nitrogens with zero attached hydrogens (tertiary/aromatic N) is 1. The SMILES string of the molecule is COc1cccc2c(C)cc(=O)n(CCC(=O)Nc3ccc(C)cc3)c12. The molecular weight excluding hydrogens is 328 g/mol. The van der Waals surface area contributed by atoms with Crippen LogP contribution in [0.25, 0.3) is 10.9 Å². The lowest BCUT2D eigenvalue weighted by molar-refractivity contribution is -0.116. The number of fused-ring (bicyclic) bond motifs is 1. The molecule has 0 saturated carbocycles. The van der Waals surface area contributed by atoms with Gasteiger partial charge in [0.2, 0.25) is 5.91 Å². The zero-order valence-corrected chi connectivity index (χ0v) is 15.2. The number of anilines is 1. The van der Waals surface area contributed by atoms with Crippen LogP contribution in [0.5, 0.6) is 5.75 Å². The molecule has 5 heteroatoms. The summed E-state index contributed by atoms with van der Waals surface area (Å²) in [5, 5.41) is 3.81. The van der Waals surface area contributed by atoms with E-state index in [4.69, 9.17) is 4.74 Å². The number of para-hydroxylation sites is 1. The molecule has 1 aromatic heterocycles. The van der Waals surface area contributed by atoms with Gasteiger partial charge in [-0.2, -0.15) is 0 Å². The Bertz CT molecular complexity index is 1000. The molecule has 3 rings (SSSR count). The summed E-state index contributed by atoms with van der Waals surface area (Å²) in [5.74, 6) is 0.492. The van der Waals surface area contributed by atoms with Gasteiger partial charge in [0.15, 0.2) is 0 Å². The van der Waals surface area contributed by atoms with E-state index in [-0.39, 0.29) is 24.4 Å². The number of aryl methyl sites for hydroxylation is 3. The average molecular weight is 350 g/mol. The number of ether oxygens (including phenoxy) is 1. The van der Waals surface area contributed by atoms with Crippen LogP contribution in [0.3, 0.4) is 0 Å². The highest BCUT2D eigenvalue weighted by Gasteiger charge is 2.12. The van der Waals surface area contributed by atoms with Crippen molar-refractivity contribution in [2.75, 3.05) is 12.4 Å². The van der Waals surface area contributed by atoms with E-state index < -0.39 is 0 Å². The lowest BCUT2D eigenvalue weighted by Crippen LogP contribution is -2.24. The number of rotatable bonds is 5. The van der Waals surface area contributed by atoms with Crippen molar-refractivity contribution < 1.29 is 9.53 Å². The summed E-state index contributed by atoms with van der Waals surface area (Å²) in [5.41, 5.74) is 3.36. The number of hydrogen-bond acceptors (Lipinski definition) is 3. The third-order valence-corrected chi connectivity index (χ3v) is 4.42. The molecule has 5 nitrogen and oxygen atoms in total. The van der Waals surface area contributed by atoms with Crippen molar-refractivity contribution >= 4 is 22.5 Å². The minimum Gasteiger partial charge on any atom is -0.495 e. The first-order chi connectivity index (χ1) is 12.5. The Labute approximate surface area is 152 Å². The molecule has 0 bridgehead atoms. The summed E-state index contributed by atoms with van der Waals surface area (Å²) >= 11 is 0. The smallest absolute Gasteiger partial charge is 0.251 e. The summed E-state index contributed by atoms with van der Waals surface area (Å²) in [6.07, 6.45) is 0.198. The van der Waals surface area contributed by atoms with Crippen LogP contribution in [-0.4, -0.2) is 17.6 Å². The van der Waals surface area contributed by atoms with Crippen LogP contribution in [0, 0.1) is 13.8 Å². The normalized spacial score (nSPS) is 10.7. The molecule has 0 radical (unpaired) electrons. The number of hydrogen-bond donors (Lipinski definition) is 1. The molecule has 134 valence electrons. The van der Waals surface area contributed by atoms with Crippen LogP contribution in [0.1, 0.15) is 17.5 Å². The summed E-state index contributed by atoms with van der Waals surface area (Å²) in [4.78, 5) is 24.8. The molecule has 1 amide bonds. The number of carbonyl (C=O) groups excluding carboxylic acids is 1. The molecule has 0 spiro atoms. The Kier molecular flexibility index (Phi) is 5.07. The molecule has 1 N–H and O–H groups in total. The molecule has 0 atom stereocenters. The highest BCUT2D eigenvalue weighted by atomic mass is 16.5. The lowest BCUT2D eigenvalue weighted by Gasteiger charge is -2.15. The van der Waals surface area contributed by atoms with Gasteiger partial charge in [0.1, 0.15) is 5.75 Å². The van der Waals surface area contributed by atoms with Gasteiger partial charge in [0.05, 0.1) is 12.6 Å². The maximum absolute atomic E-state index is 12.5. The molecule has 0 aliphatic rings. The third kappa shape index (κ3) is 3.61. The summed E-state index contributed by atoms with van der Waals surface area (Å²) in [6, 6.07) is 14.9. The number of benzene rings is 2. The summed E-state index contributed by atoms with van der Waals surface area (Å²) < 4.78 is 7.04. The second-order valence-electron chi connectivity index (χ2n) is 6.34. The molecule has 0 aliphatic carbocycles. The second kappa shape index (κ2) is 7.44. The first-order valence-electron chi connectivity index (χ1n) is 8.53. The van der Waals surface area contributed by atoms with E-state index in [2.05, 4.69) is 5.32 Å². The molecule has 0 saturated heterocycles. The number of carbonyl (C=O) groups is 1. The Balaban J connectivity index is 1.85. The highest BCUT2D eigenvalue weighted by molar-refractivity contribution is 5.91. The van der Waals surface area contributed by atoms with Gasteiger partial charge in [0, 0.05) is 30.1 Å². The van der Waals surface area contributed by atoms with Gasteiger partial charge >= 0.3 is 0 Å². The van der Waals surface area contributed by atoms with Crippen molar-refractivity contribution in [1.29, 1.82) is 0 Å². The minimum absolute atomic E-state index is 0.135. The highest BCUT2D eigenvalue weighted by Crippen LogP contribution is 2.26. The number of nitrogens with one attached hydrogen (secondary N) is 1. The predicted molar refractivity (Wildman–Crippen MR) is 104 cm³/mol. The van der Waals surface area contributed by atoms with Gasteiger partial charge in [-0.05, 0) is 37.6 Å². The van der Waals surface area contributed by atoms with Crippen LogP contribution < -0.4 is 15.6 Å². The van der Waals surface area contributed by atoms with E-state index in [1.54, 1.807) is 17.7 Å². The first-order valence-corrected chi connectivity index (χ1v) is 8.53. The molecule has 2 aromatic carbocycles. The van der Waals surface area contributed by atoms with Crippen molar-refractivity contribution in [3.63, 3.8) is 0 Å². The van der Waals surface area contributed by atoms with Crippen molar-refractivity contribution in [2.24, 2.45) is 0 Å². The first kappa shape index (κ1) is 17.7. The minimum atomic E-state index is -0.136. The average Bonchev–Trinajstić information content (AvgIpc) is 2.63. The van der Waals surface area contributed by atoms with Gasteiger partial charge in [-0.1, -0.05) is 29.8 Å². The van der Waals surface area contributed by atoms with Crippen molar-refractivity contribution in [3.05, 3.63) is 70.0 Å². The van der Waals surface area contributed by atoms with Gasteiger partial charge in [0.25, 0.3) is 5.56 Å². The molecule has 0 fully saturated rings. The maximum Gasteiger partial charge on any atom is 0.251 e. The zero-order chi connectivity index (χ0) is 18.7. The molecule has 3 aromatic rings. The number of methoxy groups -OCH3 is 1. The van der Waals surface area contributed by atoms with Gasteiger partial charge < -0.3 is 14.6 Å². The van der Waals surface area contributed by atoms with E-state index in [9.17, 15) is 9.59 Å². The van der Waals surface area contributed by atoms with E-state index in [0.717, 1.165) is 27.7 Å². The summed E-state index contributed by atoms with van der Waals surface area (Å²) in [6.45, 7) is 4.18. The Morgan fingerprint density at radius 3 is 2.54 bits per heavy atom. The Hall–Kier alpha value is -3.08. The lowest BCUT2D eigenvalue weighted by atomic mass is 10.1. The van der Waals surface area contributed by atoms with Gasteiger partial charge in [-0.25, -0.2) is 0 Å². The third-order valence-electron chi connectivity index (χ3n) is 4.42. The number of pyridine rings is 1. The topological polar surface area (TPSA) is 60.3 Å². The monoisotopic (exact) mass is 350 g/mol. The molecule has 0 aliphatic heterocycles. The fraction of sp³-hybridized carbons (Fsp3) is 0.238. The van der Waals surface area contributed by atoms with Crippen LogP contribution in [0.4, 0.5) is 5.69 Å². The van der Waals surface area contributed by atoms with Gasteiger partial charge in [-0.3, -0.25) is 9.59 Å². The quantitative estimate of drug-likeness (QED) is 0.764. The molecular formula is C21H22N2O3. The fourth-order valence-corrected chi connectivity index (χ4v) is 3.03. The second-order valence-corrected chi connectivity index (χ2v) is 6.34. The van der Waals surface area contributed by atoms with Crippen LogP contribution in [0.15, 0.2) is 53.3 Å². The maximum atomic E-state index is 12.5. The van der Waals surface area contributed by atoms with Gasteiger partial charge in [-0.15, -0.1) is 0 Å². The van der Waals surface area contributed by atoms with Crippen LogP contribution in [0.2, 0.25) is 0 Å². The van der Waals surface area contributed by atoms with Crippen molar-refractivity contribution in [3.8, 4) is 5.75 Å². The molecule has 26 heavy (non-hydrogen) atoms. The Morgan fingerprint density at radius 2 is 1.85 bits per heavy atom. The van der Waals surface area contributed by atoms with E-state index in [1.807, 2.05) is 56.3 Å². The van der Waals surface area contributed by atoms with E-state index in [0.29, 0.717) is 5.75 Å². The largest absolute Gasteiger partial charge is 0.495 e.